The van der Waals surface area contributed by atoms with Crippen molar-refractivity contribution in [1.29, 1.82) is 0 Å². The first kappa shape index (κ1) is 17.0. The van der Waals surface area contributed by atoms with Gasteiger partial charge in [-0.15, -0.1) is 10.2 Å². The van der Waals surface area contributed by atoms with Crippen molar-refractivity contribution in [2.24, 2.45) is 0 Å². The summed E-state index contributed by atoms with van der Waals surface area (Å²) in [6, 6.07) is 4.06. The minimum absolute atomic E-state index is 0.00690. The minimum Gasteiger partial charge on any atom is -0.483 e. The van der Waals surface area contributed by atoms with E-state index in [0.717, 1.165) is 41.2 Å². The molecule has 124 valence electrons. The van der Waals surface area contributed by atoms with Crippen LogP contribution in [-0.4, -0.2) is 27.3 Å². The molecule has 6 nitrogen and oxygen atoms in total. The Balaban J connectivity index is 1.89. The first-order chi connectivity index (χ1) is 11.0. The van der Waals surface area contributed by atoms with Gasteiger partial charge in [0.05, 0.1) is 6.54 Å². The van der Waals surface area contributed by atoms with Crippen LogP contribution in [0.2, 0.25) is 0 Å². The van der Waals surface area contributed by atoms with Crippen molar-refractivity contribution in [3.8, 4) is 5.75 Å². The second kappa shape index (κ2) is 7.76. The Morgan fingerprint density at radius 2 is 2.00 bits per heavy atom. The number of hydrogen-bond donors (Lipinski definition) is 1. The zero-order chi connectivity index (χ0) is 16.8. The van der Waals surface area contributed by atoms with Crippen LogP contribution in [0.25, 0.3) is 0 Å². The second-order valence-electron chi connectivity index (χ2n) is 5.66. The van der Waals surface area contributed by atoms with Gasteiger partial charge in [0.15, 0.2) is 12.4 Å². The number of ether oxygens (including phenoxy) is 1. The van der Waals surface area contributed by atoms with Gasteiger partial charge in [-0.05, 0) is 43.9 Å². The average Bonchev–Trinajstić information content (AvgIpc) is 2.97. The highest BCUT2D eigenvalue weighted by Crippen LogP contribution is 2.25. The van der Waals surface area contributed by atoms with E-state index >= 15 is 0 Å². The van der Waals surface area contributed by atoms with E-state index in [4.69, 9.17) is 4.74 Å². The lowest BCUT2D eigenvalue weighted by Crippen LogP contribution is -2.29. The van der Waals surface area contributed by atoms with E-state index in [9.17, 15) is 4.79 Å². The van der Waals surface area contributed by atoms with Crippen LogP contribution in [0, 0.1) is 20.8 Å². The maximum Gasteiger partial charge on any atom is 0.258 e. The fraction of sp³-hybridized carbons (Fsp3) is 0.471. The highest BCUT2D eigenvalue weighted by atomic mass is 16.5. The average molecular weight is 316 g/mol. The standard InChI is InChI=1S/C17H24N4O2/c1-5-8-21-11-19-20-15(21)9-18-16(22)10-23-17-13(3)7-6-12(2)14(17)4/h6-7,11H,5,8-10H2,1-4H3,(H,18,22). The van der Waals surface area contributed by atoms with E-state index in [1.165, 1.54) is 0 Å². The largest absolute Gasteiger partial charge is 0.483 e. The third kappa shape index (κ3) is 4.31. The molecule has 0 atom stereocenters. The molecule has 0 fully saturated rings. The van der Waals surface area contributed by atoms with Gasteiger partial charge in [-0.25, -0.2) is 0 Å². The molecule has 0 aliphatic rings. The Labute approximate surface area is 136 Å². The molecule has 1 aromatic carbocycles. The highest BCUT2D eigenvalue weighted by molar-refractivity contribution is 5.77. The number of nitrogens with zero attached hydrogens (tertiary/aromatic N) is 3. The van der Waals surface area contributed by atoms with Gasteiger partial charge in [-0.2, -0.15) is 0 Å². The summed E-state index contributed by atoms with van der Waals surface area (Å²) in [5.74, 6) is 1.37. The summed E-state index contributed by atoms with van der Waals surface area (Å²) < 4.78 is 7.64. The topological polar surface area (TPSA) is 69.0 Å². The van der Waals surface area contributed by atoms with Crippen LogP contribution in [0.5, 0.6) is 5.75 Å². The molecular weight excluding hydrogens is 292 g/mol. The molecule has 6 heteroatoms. The summed E-state index contributed by atoms with van der Waals surface area (Å²) in [6.07, 6.45) is 2.68. The lowest BCUT2D eigenvalue weighted by molar-refractivity contribution is -0.123. The Hall–Kier alpha value is -2.37. The number of rotatable bonds is 7. The van der Waals surface area contributed by atoms with Crippen molar-refractivity contribution in [2.75, 3.05) is 6.61 Å². The van der Waals surface area contributed by atoms with Gasteiger partial charge in [0.1, 0.15) is 12.1 Å². The lowest BCUT2D eigenvalue weighted by atomic mass is 10.1. The summed E-state index contributed by atoms with van der Waals surface area (Å²) >= 11 is 0. The number of aryl methyl sites for hydroxylation is 3. The van der Waals surface area contributed by atoms with Gasteiger partial charge < -0.3 is 14.6 Å². The molecule has 1 aromatic heterocycles. The summed E-state index contributed by atoms with van der Waals surface area (Å²) in [5.41, 5.74) is 3.25. The number of benzene rings is 1. The maximum atomic E-state index is 12.0. The van der Waals surface area contributed by atoms with Gasteiger partial charge >= 0.3 is 0 Å². The van der Waals surface area contributed by atoms with Gasteiger partial charge in [0, 0.05) is 6.54 Å². The fourth-order valence-electron chi connectivity index (χ4n) is 2.36. The first-order valence-electron chi connectivity index (χ1n) is 7.86. The van der Waals surface area contributed by atoms with E-state index in [1.807, 2.05) is 31.4 Å². The van der Waals surface area contributed by atoms with Crippen LogP contribution >= 0.6 is 0 Å². The molecule has 1 N–H and O–H groups in total. The normalized spacial score (nSPS) is 10.6. The predicted octanol–water partition coefficient (Wildman–Crippen LogP) is 2.31. The molecule has 1 heterocycles. The van der Waals surface area contributed by atoms with Crippen LogP contribution in [0.1, 0.15) is 35.9 Å². The van der Waals surface area contributed by atoms with Crippen molar-refractivity contribution in [2.45, 2.75) is 47.2 Å². The minimum atomic E-state index is -0.170. The molecule has 0 saturated heterocycles. The zero-order valence-electron chi connectivity index (χ0n) is 14.2. The number of amides is 1. The summed E-state index contributed by atoms with van der Waals surface area (Å²) in [6.45, 7) is 9.29. The molecule has 2 rings (SSSR count). The van der Waals surface area contributed by atoms with E-state index in [0.29, 0.717) is 6.54 Å². The van der Waals surface area contributed by atoms with Gasteiger partial charge in [0.2, 0.25) is 0 Å². The van der Waals surface area contributed by atoms with Crippen molar-refractivity contribution in [3.05, 3.63) is 41.0 Å². The summed E-state index contributed by atoms with van der Waals surface area (Å²) in [5, 5.41) is 10.7. The molecule has 0 radical (unpaired) electrons. The molecule has 0 saturated carbocycles. The predicted molar refractivity (Wildman–Crippen MR) is 88.3 cm³/mol. The van der Waals surface area contributed by atoms with Crippen LogP contribution in [-0.2, 0) is 17.9 Å². The number of carbonyl (C=O) groups is 1. The van der Waals surface area contributed by atoms with Crippen LogP contribution < -0.4 is 10.1 Å². The van der Waals surface area contributed by atoms with E-state index in [1.54, 1.807) is 6.33 Å². The van der Waals surface area contributed by atoms with Gasteiger partial charge in [0.25, 0.3) is 5.91 Å². The Bertz CT molecular complexity index is 679. The molecule has 0 aliphatic carbocycles. The quantitative estimate of drug-likeness (QED) is 0.851. The first-order valence-corrected chi connectivity index (χ1v) is 7.86. The van der Waals surface area contributed by atoms with Gasteiger partial charge in [-0.1, -0.05) is 19.1 Å². The molecule has 0 aliphatic heterocycles. The fourth-order valence-corrected chi connectivity index (χ4v) is 2.36. The number of hydrogen-bond acceptors (Lipinski definition) is 4. The molecule has 0 spiro atoms. The molecule has 0 unspecified atom stereocenters. The zero-order valence-corrected chi connectivity index (χ0v) is 14.2. The summed E-state index contributed by atoms with van der Waals surface area (Å²) in [7, 11) is 0. The molecule has 0 bridgehead atoms. The number of aromatic nitrogens is 3. The SMILES string of the molecule is CCCn1cnnc1CNC(=O)COc1c(C)ccc(C)c1C. The Morgan fingerprint density at radius 1 is 1.26 bits per heavy atom. The Morgan fingerprint density at radius 3 is 2.74 bits per heavy atom. The van der Waals surface area contributed by atoms with E-state index in [-0.39, 0.29) is 12.5 Å². The smallest absolute Gasteiger partial charge is 0.258 e. The summed E-state index contributed by atoms with van der Waals surface area (Å²) in [4.78, 5) is 12.0. The molecule has 2 aromatic rings. The molecule has 1 amide bonds. The Kier molecular flexibility index (Phi) is 5.73. The van der Waals surface area contributed by atoms with Crippen LogP contribution in [0.4, 0.5) is 0 Å². The van der Waals surface area contributed by atoms with Crippen LogP contribution in [0.15, 0.2) is 18.5 Å². The van der Waals surface area contributed by atoms with Gasteiger partial charge in [-0.3, -0.25) is 4.79 Å². The lowest BCUT2D eigenvalue weighted by Gasteiger charge is -2.14. The van der Waals surface area contributed by atoms with Crippen molar-refractivity contribution in [1.82, 2.24) is 20.1 Å². The highest BCUT2D eigenvalue weighted by Gasteiger charge is 2.10. The molecular formula is C17H24N4O2. The van der Waals surface area contributed by atoms with E-state index in [2.05, 4.69) is 28.5 Å². The third-order valence-corrected chi connectivity index (χ3v) is 3.83. The van der Waals surface area contributed by atoms with E-state index < -0.39 is 0 Å². The second-order valence-corrected chi connectivity index (χ2v) is 5.66. The monoisotopic (exact) mass is 316 g/mol. The third-order valence-electron chi connectivity index (χ3n) is 3.83. The number of nitrogens with one attached hydrogen (secondary N) is 1. The van der Waals surface area contributed by atoms with Crippen molar-refractivity contribution in [3.63, 3.8) is 0 Å². The van der Waals surface area contributed by atoms with Crippen molar-refractivity contribution >= 4 is 5.91 Å². The molecule has 23 heavy (non-hydrogen) atoms. The number of carbonyl (C=O) groups excluding carboxylic acids is 1. The van der Waals surface area contributed by atoms with Crippen LogP contribution in [0.3, 0.4) is 0 Å². The maximum absolute atomic E-state index is 12.0. The van der Waals surface area contributed by atoms with Crippen molar-refractivity contribution < 1.29 is 9.53 Å².